The fourth-order valence-corrected chi connectivity index (χ4v) is 6.10. The van der Waals surface area contributed by atoms with E-state index >= 15 is 0 Å². The number of aromatic nitrogens is 2. The lowest BCUT2D eigenvalue weighted by atomic mass is 10.1. The van der Waals surface area contributed by atoms with Gasteiger partial charge < -0.3 is 4.90 Å². The van der Waals surface area contributed by atoms with Gasteiger partial charge in [-0.25, -0.2) is 0 Å². The SMILES string of the molecule is CN(Cc1cnn(Cc2ccccc2)c1)C(=O)c1ccc(C2SCCS2)cc1. The summed E-state index contributed by atoms with van der Waals surface area (Å²) < 4.78 is 2.42. The Bertz CT molecular complexity index is 918. The van der Waals surface area contributed by atoms with Crippen LogP contribution in [0.5, 0.6) is 0 Å². The highest BCUT2D eigenvalue weighted by Crippen LogP contribution is 2.45. The second kappa shape index (κ2) is 8.88. The van der Waals surface area contributed by atoms with Gasteiger partial charge in [-0.2, -0.15) is 5.10 Å². The fourth-order valence-electron chi connectivity index (χ4n) is 3.24. The summed E-state index contributed by atoms with van der Waals surface area (Å²) in [7, 11) is 1.84. The lowest BCUT2D eigenvalue weighted by molar-refractivity contribution is 0.0785. The Morgan fingerprint density at radius 2 is 1.79 bits per heavy atom. The molecule has 0 radical (unpaired) electrons. The third-order valence-corrected chi connectivity index (χ3v) is 7.80. The molecule has 1 aliphatic heterocycles. The molecule has 0 spiro atoms. The number of hydrogen-bond acceptors (Lipinski definition) is 4. The minimum Gasteiger partial charge on any atom is -0.337 e. The zero-order valence-corrected chi connectivity index (χ0v) is 17.5. The Balaban J connectivity index is 1.36. The second-order valence-electron chi connectivity index (χ2n) is 6.89. The first-order valence-electron chi connectivity index (χ1n) is 9.33. The summed E-state index contributed by atoms with van der Waals surface area (Å²) in [6.45, 7) is 1.28. The minimum absolute atomic E-state index is 0.0362. The summed E-state index contributed by atoms with van der Waals surface area (Å²) in [5.41, 5.74) is 4.27. The Morgan fingerprint density at radius 1 is 1.07 bits per heavy atom. The molecule has 4 nitrogen and oxygen atoms in total. The summed E-state index contributed by atoms with van der Waals surface area (Å²) in [5.74, 6) is 2.45. The third-order valence-electron chi connectivity index (χ3n) is 4.69. The monoisotopic (exact) mass is 409 g/mol. The van der Waals surface area contributed by atoms with Gasteiger partial charge in [0, 0.05) is 42.4 Å². The lowest BCUT2D eigenvalue weighted by Gasteiger charge is -2.17. The molecular weight excluding hydrogens is 386 g/mol. The lowest BCUT2D eigenvalue weighted by Crippen LogP contribution is -2.26. The van der Waals surface area contributed by atoms with Gasteiger partial charge in [0.1, 0.15) is 0 Å². The predicted molar refractivity (Wildman–Crippen MR) is 118 cm³/mol. The van der Waals surface area contributed by atoms with Gasteiger partial charge in [-0.15, -0.1) is 23.5 Å². The number of carbonyl (C=O) groups excluding carboxylic acids is 1. The molecule has 6 heteroatoms. The molecule has 1 amide bonds. The van der Waals surface area contributed by atoms with Crippen LogP contribution in [0.3, 0.4) is 0 Å². The van der Waals surface area contributed by atoms with Crippen molar-refractivity contribution in [2.24, 2.45) is 0 Å². The number of carbonyl (C=O) groups is 1. The molecule has 0 atom stereocenters. The van der Waals surface area contributed by atoms with Gasteiger partial charge in [-0.3, -0.25) is 9.48 Å². The largest absolute Gasteiger partial charge is 0.337 e. The molecule has 0 aliphatic carbocycles. The number of hydrogen-bond donors (Lipinski definition) is 0. The molecule has 0 N–H and O–H groups in total. The molecule has 0 unspecified atom stereocenters. The topological polar surface area (TPSA) is 38.1 Å². The van der Waals surface area contributed by atoms with Crippen LogP contribution in [-0.2, 0) is 13.1 Å². The van der Waals surface area contributed by atoms with E-state index in [0.29, 0.717) is 11.1 Å². The number of nitrogens with zero attached hydrogens (tertiary/aromatic N) is 3. The average Bonchev–Trinajstić information content (AvgIpc) is 3.41. The highest BCUT2D eigenvalue weighted by molar-refractivity contribution is 8.19. The number of thioether (sulfide) groups is 2. The standard InChI is InChI=1S/C22H23N3OS2/c1-24(14-18-13-23-25(16-18)15-17-5-3-2-4-6-17)21(26)19-7-9-20(10-8-19)22-27-11-12-28-22/h2-10,13,16,22H,11-12,14-15H2,1H3. The van der Waals surface area contributed by atoms with Crippen LogP contribution in [0.25, 0.3) is 0 Å². The van der Waals surface area contributed by atoms with Gasteiger partial charge in [0.25, 0.3) is 5.91 Å². The van der Waals surface area contributed by atoms with Crippen LogP contribution in [0, 0.1) is 0 Å². The Morgan fingerprint density at radius 3 is 2.50 bits per heavy atom. The molecule has 4 rings (SSSR count). The second-order valence-corrected chi connectivity index (χ2v) is 9.61. The first-order chi connectivity index (χ1) is 13.7. The van der Waals surface area contributed by atoms with Gasteiger partial charge in [-0.1, -0.05) is 42.5 Å². The Kier molecular flexibility index (Phi) is 6.07. The Labute approximate surface area is 174 Å². The smallest absolute Gasteiger partial charge is 0.253 e. The van der Waals surface area contributed by atoms with Crippen molar-refractivity contribution in [1.82, 2.24) is 14.7 Å². The number of rotatable bonds is 6. The van der Waals surface area contributed by atoms with Crippen molar-refractivity contribution in [2.75, 3.05) is 18.6 Å². The van der Waals surface area contributed by atoms with E-state index in [1.54, 1.807) is 4.90 Å². The predicted octanol–water partition coefficient (Wildman–Crippen LogP) is 4.68. The molecule has 144 valence electrons. The van der Waals surface area contributed by atoms with Gasteiger partial charge in [0.15, 0.2) is 0 Å². The average molecular weight is 410 g/mol. The molecule has 28 heavy (non-hydrogen) atoms. The summed E-state index contributed by atoms with van der Waals surface area (Å²) in [5, 5.41) is 4.43. The van der Waals surface area contributed by atoms with Crippen LogP contribution in [0.4, 0.5) is 0 Å². The highest BCUT2D eigenvalue weighted by atomic mass is 32.2. The van der Waals surface area contributed by atoms with E-state index in [9.17, 15) is 4.79 Å². The summed E-state index contributed by atoms with van der Waals surface area (Å²) in [6.07, 6.45) is 3.85. The number of benzene rings is 2. The van der Waals surface area contributed by atoms with E-state index < -0.39 is 0 Å². The number of amides is 1. The van der Waals surface area contributed by atoms with Crippen LogP contribution < -0.4 is 0 Å². The molecule has 1 aromatic heterocycles. The first-order valence-corrected chi connectivity index (χ1v) is 11.4. The normalized spacial score (nSPS) is 14.3. The molecule has 1 fully saturated rings. The zero-order chi connectivity index (χ0) is 19.3. The van der Waals surface area contributed by atoms with Gasteiger partial charge in [-0.05, 0) is 23.3 Å². The van der Waals surface area contributed by atoms with Crippen molar-refractivity contribution in [3.63, 3.8) is 0 Å². The quantitative estimate of drug-likeness (QED) is 0.592. The molecule has 2 heterocycles. The van der Waals surface area contributed by atoms with Crippen molar-refractivity contribution < 1.29 is 4.79 Å². The molecule has 1 saturated heterocycles. The minimum atomic E-state index is 0.0362. The van der Waals surface area contributed by atoms with Gasteiger partial charge >= 0.3 is 0 Å². The molecule has 2 aromatic carbocycles. The van der Waals surface area contributed by atoms with Crippen LogP contribution >= 0.6 is 23.5 Å². The zero-order valence-electron chi connectivity index (χ0n) is 15.8. The van der Waals surface area contributed by atoms with E-state index in [4.69, 9.17) is 0 Å². The van der Waals surface area contributed by atoms with E-state index in [2.05, 4.69) is 29.4 Å². The van der Waals surface area contributed by atoms with Crippen LogP contribution in [0.2, 0.25) is 0 Å². The maximum absolute atomic E-state index is 12.8. The maximum Gasteiger partial charge on any atom is 0.253 e. The third kappa shape index (κ3) is 4.62. The van der Waals surface area contributed by atoms with Crippen molar-refractivity contribution >= 4 is 29.4 Å². The van der Waals surface area contributed by atoms with Crippen molar-refractivity contribution in [1.29, 1.82) is 0 Å². The van der Waals surface area contributed by atoms with Crippen LogP contribution in [0.1, 0.15) is 31.6 Å². The van der Waals surface area contributed by atoms with Crippen molar-refractivity contribution in [3.05, 3.63) is 89.2 Å². The maximum atomic E-state index is 12.8. The van der Waals surface area contributed by atoms with Crippen LogP contribution in [0.15, 0.2) is 67.0 Å². The summed E-state index contributed by atoms with van der Waals surface area (Å²) in [4.78, 5) is 14.5. The molecule has 0 saturated carbocycles. The molecule has 1 aliphatic rings. The van der Waals surface area contributed by atoms with E-state index in [1.165, 1.54) is 22.6 Å². The van der Waals surface area contributed by atoms with Gasteiger partial charge in [0.2, 0.25) is 0 Å². The van der Waals surface area contributed by atoms with E-state index in [0.717, 1.165) is 17.7 Å². The van der Waals surface area contributed by atoms with E-state index in [1.807, 2.05) is 78.0 Å². The summed E-state index contributed by atoms with van der Waals surface area (Å²) in [6, 6.07) is 18.3. The van der Waals surface area contributed by atoms with Crippen molar-refractivity contribution in [3.8, 4) is 0 Å². The summed E-state index contributed by atoms with van der Waals surface area (Å²) >= 11 is 3.96. The van der Waals surface area contributed by atoms with Crippen LogP contribution in [-0.4, -0.2) is 39.1 Å². The fraction of sp³-hybridized carbons (Fsp3) is 0.273. The van der Waals surface area contributed by atoms with Crippen molar-refractivity contribution in [2.45, 2.75) is 17.7 Å². The highest BCUT2D eigenvalue weighted by Gasteiger charge is 2.19. The molecule has 0 bridgehead atoms. The van der Waals surface area contributed by atoms with E-state index in [-0.39, 0.29) is 5.91 Å². The molecular formula is C22H23N3OS2. The van der Waals surface area contributed by atoms with Gasteiger partial charge in [0.05, 0.1) is 17.3 Å². The Hall–Kier alpha value is -2.18. The molecule has 3 aromatic rings. The first kappa shape index (κ1) is 19.2.